The average molecular weight is 340 g/mol. The van der Waals surface area contributed by atoms with Crippen LogP contribution >= 0.6 is 0 Å². The Morgan fingerprint density at radius 2 is 1.75 bits per heavy atom. The lowest BCUT2D eigenvalue weighted by Gasteiger charge is -2.12. The number of aryl methyl sites for hydroxylation is 1. The summed E-state index contributed by atoms with van der Waals surface area (Å²) >= 11 is 0. The summed E-state index contributed by atoms with van der Waals surface area (Å²) in [5, 5.41) is 9.30. The minimum absolute atomic E-state index is 0.0173. The summed E-state index contributed by atoms with van der Waals surface area (Å²) in [6.45, 7) is 1.84. The van der Waals surface area contributed by atoms with E-state index in [9.17, 15) is 13.5 Å². The molecule has 3 rings (SSSR count). The monoisotopic (exact) mass is 340 g/mol. The molecule has 2 N–H and O–H groups in total. The number of anilines is 1. The first-order valence-corrected chi connectivity index (χ1v) is 8.77. The Balaban J connectivity index is 1.96. The summed E-state index contributed by atoms with van der Waals surface area (Å²) in [5.41, 5.74) is 3.09. The van der Waals surface area contributed by atoms with Crippen molar-refractivity contribution in [3.8, 4) is 16.9 Å². The van der Waals surface area contributed by atoms with E-state index in [-0.39, 0.29) is 10.6 Å². The molecule has 0 aliphatic rings. The lowest BCUT2D eigenvalue weighted by atomic mass is 10.0. The second-order valence-corrected chi connectivity index (χ2v) is 7.05. The van der Waals surface area contributed by atoms with Gasteiger partial charge >= 0.3 is 0 Å². The van der Waals surface area contributed by atoms with Gasteiger partial charge in [0.2, 0.25) is 0 Å². The Morgan fingerprint density at radius 3 is 2.42 bits per heavy atom. The third kappa shape index (κ3) is 3.38. The molecule has 0 atom stereocenters. The molecule has 0 saturated carbocycles. The molecule has 5 nitrogen and oxygen atoms in total. The van der Waals surface area contributed by atoms with Crippen molar-refractivity contribution in [3.63, 3.8) is 0 Å². The number of pyridine rings is 1. The molecule has 3 aromatic rings. The van der Waals surface area contributed by atoms with Crippen molar-refractivity contribution in [3.05, 3.63) is 72.6 Å². The van der Waals surface area contributed by atoms with Gasteiger partial charge in [0.25, 0.3) is 10.0 Å². The number of nitrogens with one attached hydrogen (secondary N) is 1. The molecule has 0 amide bonds. The van der Waals surface area contributed by atoms with Crippen LogP contribution in [-0.4, -0.2) is 18.5 Å². The van der Waals surface area contributed by atoms with E-state index in [2.05, 4.69) is 9.71 Å². The third-order valence-corrected chi connectivity index (χ3v) is 5.01. The van der Waals surface area contributed by atoms with E-state index in [1.165, 1.54) is 24.3 Å². The van der Waals surface area contributed by atoms with Gasteiger partial charge in [0, 0.05) is 18.0 Å². The maximum Gasteiger partial charge on any atom is 0.261 e. The molecule has 122 valence electrons. The molecule has 24 heavy (non-hydrogen) atoms. The van der Waals surface area contributed by atoms with Gasteiger partial charge in [-0.1, -0.05) is 18.2 Å². The molecule has 0 aliphatic heterocycles. The predicted octanol–water partition coefficient (Wildman–Crippen LogP) is 3.56. The van der Waals surface area contributed by atoms with Crippen LogP contribution in [0.1, 0.15) is 5.56 Å². The number of phenols is 1. The molecular formula is C18H16N2O3S. The lowest BCUT2D eigenvalue weighted by molar-refractivity contribution is 0.475. The minimum Gasteiger partial charge on any atom is -0.508 e. The van der Waals surface area contributed by atoms with Gasteiger partial charge in [-0.25, -0.2) is 8.42 Å². The predicted molar refractivity (Wildman–Crippen MR) is 93.3 cm³/mol. The number of phenolic OH excluding ortho intramolecular Hbond substituents is 1. The van der Waals surface area contributed by atoms with Gasteiger partial charge in [-0.15, -0.1) is 0 Å². The molecule has 1 heterocycles. The van der Waals surface area contributed by atoms with Gasteiger partial charge in [-0.3, -0.25) is 9.71 Å². The van der Waals surface area contributed by atoms with Crippen molar-refractivity contribution >= 4 is 15.7 Å². The highest BCUT2D eigenvalue weighted by atomic mass is 32.2. The molecule has 0 spiro atoms. The Hall–Kier alpha value is -2.86. The van der Waals surface area contributed by atoms with Crippen LogP contribution in [0.25, 0.3) is 11.1 Å². The summed E-state index contributed by atoms with van der Waals surface area (Å²) in [7, 11) is -3.73. The SMILES string of the molecule is Cc1ccc(-c2cccnc2)cc1NS(=O)(=O)c1ccc(O)cc1. The maximum absolute atomic E-state index is 12.5. The van der Waals surface area contributed by atoms with Crippen molar-refractivity contribution in [2.24, 2.45) is 0 Å². The molecule has 0 aliphatic carbocycles. The zero-order valence-electron chi connectivity index (χ0n) is 13.0. The summed E-state index contributed by atoms with van der Waals surface area (Å²) in [5.74, 6) is 0.0173. The average Bonchev–Trinajstić information content (AvgIpc) is 2.58. The number of hydrogen-bond acceptors (Lipinski definition) is 4. The van der Waals surface area contributed by atoms with Crippen LogP contribution in [-0.2, 0) is 10.0 Å². The first-order chi connectivity index (χ1) is 11.5. The summed E-state index contributed by atoms with van der Waals surface area (Å²) < 4.78 is 27.6. The lowest BCUT2D eigenvalue weighted by Crippen LogP contribution is -2.13. The number of aromatic hydroxyl groups is 1. The number of nitrogens with zero attached hydrogens (tertiary/aromatic N) is 1. The van der Waals surface area contributed by atoms with E-state index in [4.69, 9.17) is 0 Å². The number of hydrogen-bond donors (Lipinski definition) is 2. The van der Waals surface area contributed by atoms with Crippen LogP contribution in [0.5, 0.6) is 5.75 Å². The second-order valence-electron chi connectivity index (χ2n) is 5.37. The van der Waals surface area contributed by atoms with Crippen LogP contribution in [0.3, 0.4) is 0 Å². The van der Waals surface area contributed by atoms with Gasteiger partial charge in [-0.05, 0) is 54.4 Å². The van der Waals surface area contributed by atoms with Crippen LogP contribution < -0.4 is 4.72 Å². The zero-order chi connectivity index (χ0) is 17.2. The first-order valence-electron chi connectivity index (χ1n) is 7.29. The van der Waals surface area contributed by atoms with Crippen molar-refractivity contribution in [2.45, 2.75) is 11.8 Å². The number of rotatable bonds is 4. The number of sulfonamides is 1. The maximum atomic E-state index is 12.5. The molecule has 6 heteroatoms. The zero-order valence-corrected chi connectivity index (χ0v) is 13.8. The van der Waals surface area contributed by atoms with Crippen molar-refractivity contribution in [2.75, 3.05) is 4.72 Å². The number of aromatic nitrogens is 1. The molecule has 2 aromatic carbocycles. The standard InChI is InChI=1S/C18H16N2O3S/c1-13-4-5-14(15-3-2-10-19-12-15)11-18(13)20-24(22,23)17-8-6-16(21)7-9-17/h2-12,20-21H,1H3. The minimum atomic E-state index is -3.73. The van der Waals surface area contributed by atoms with E-state index >= 15 is 0 Å². The summed E-state index contributed by atoms with van der Waals surface area (Å²) in [4.78, 5) is 4.17. The Bertz CT molecular complexity index is 953. The van der Waals surface area contributed by atoms with Gasteiger partial charge in [0.05, 0.1) is 10.6 Å². The largest absolute Gasteiger partial charge is 0.508 e. The third-order valence-electron chi connectivity index (χ3n) is 3.62. The van der Waals surface area contributed by atoms with Crippen molar-refractivity contribution in [1.29, 1.82) is 0 Å². The topological polar surface area (TPSA) is 79.3 Å². The molecule has 1 aromatic heterocycles. The van der Waals surface area contributed by atoms with E-state index in [0.717, 1.165) is 16.7 Å². The van der Waals surface area contributed by atoms with Crippen LogP contribution in [0, 0.1) is 6.92 Å². The normalized spacial score (nSPS) is 11.2. The van der Waals surface area contributed by atoms with Gasteiger partial charge in [0.1, 0.15) is 5.75 Å². The van der Waals surface area contributed by atoms with Crippen molar-refractivity contribution in [1.82, 2.24) is 4.98 Å². The van der Waals surface area contributed by atoms with E-state index in [1.54, 1.807) is 18.5 Å². The smallest absolute Gasteiger partial charge is 0.261 e. The van der Waals surface area contributed by atoms with Gasteiger partial charge in [0.15, 0.2) is 0 Å². The Kier molecular flexibility index (Phi) is 4.22. The first kappa shape index (κ1) is 16.0. The second kappa shape index (κ2) is 6.33. The van der Waals surface area contributed by atoms with Crippen molar-refractivity contribution < 1.29 is 13.5 Å². The van der Waals surface area contributed by atoms with Gasteiger partial charge < -0.3 is 5.11 Å². The van der Waals surface area contributed by atoms with Crippen LogP contribution in [0.15, 0.2) is 71.9 Å². The molecular weight excluding hydrogens is 324 g/mol. The Labute approximate surface area is 140 Å². The molecule has 0 unspecified atom stereocenters. The quantitative estimate of drug-likeness (QED) is 0.761. The van der Waals surface area contributed by atoms with Gasteiger partial charge in [-0.2, -0.15) is 0 Å². The van der Waals surface area contributed by atoms with Crippen LogP contribution in [0.4, 0.5) is 5.69 Å². The highest BCUT2D eigenvalue weighted by Gasteiger charge is 2.15. The summed E-state index contributed by atoms with van der Waals surface area (Å²) in [6, 6.07) is 14.7. The fraction of sp³-hybridized carbons (Fsp3) is 0.0556. The fourth-order valence-corrected chi connectivity index (χ4v) is 3.40. The Morgan fingerprint density at radius 1 is 1.00 bits per heavy atom. The highest BCUT2D eigenvalue weighted by Crippen LogP contribution is 2.27. The van der Waals surface area contributed by atoms with E-state index in [1.807, 2.05) is 31.2 Å². The highest BCUT2D eigenvalue weighted by molar-refractivity contribution is 7.92. The fourth-order valence-electron chi connectivity index (χ4n) is 2.27. The molecule has 0 radical (unpaired) electrons. The van der Waals surface area contributed by atoms with Crippen LogP contribution in [0.2, 0.25) is 0 Å². The molecule has 0 bridgehead atoms. The molecule has 0 fully saturated rings. The van der Waals surface area contributed by atoms with E-state index in [0.29, 0.717) is 5.69 Å². The summed E-state index contributed by atoms with van der Waals surface area (Å²) in [6.07, 6.45) is 3.41. The number of benzene rings is 2. The van der Waals surface area contributed by atoms with E-state index < -0.39 is 10.0 Å². The molecule has 0 saturated heterocycles.